The molecule has 2 nitrogen and oxygen atoms in total. The largest absolute Gasteiger partial charge is 0.508 e. The summed E-state index contributed by atoms with van der Waals surface area (Å²) in [4.78, 5) is 10.0. The summed E-state index contributed by atoms with van der Waals surface area (Å²) < 4.78 is 0. The molecule has 0 fully saturated rings. The average molecular weight is 198 g/mol. The quantitative estimate of drug-likeness (QED) is 0.556. The summed E-state index contributed by atoms with van der Waals surface area (Å²) in [5, 5.41) is 8.74. The predicted octanol–water partition coefficient (Wildman–Crippen LogP) is 2.47. The van der Waals surface area contributed by atoms with Crippen molar-refractivity contribution in [2.24, 2.45) is 0 Å². The topological polar surface area (TPSA) is 37.3 Å². The van der Waals surface area contributed by atoms with Gasteiger partial charge < -0.3 is 5.11 Å². The van der Waals surface area contributed by atoms with E-state index >= 15 is 0 Å². The van der Waals surface area contributed by atoms with E-state index in [0.29, 0.717) is 5.56 Å². The van der Waals surface area contributed by atoms with Gasteiger partial charge in [0.1, 0.15) is 12.0 Å². The minimum Gasteiger partial charge on any atom is -0.508 e. The highest BCUT2D eigenvalue weighted by molar-refractivity contribution is 7.17. The van der Waals surface area contributed by atoms with Gasteiger partial charge in [-0.05, 0) is 29.9 Å². The van der Waals surface area contributed by atoms with E-state index in [-0.39, 0.29) is 5.75 Å². The van der Waals surface area contributed by atoms with E-state index < -0.39 is 0 Å². The van der Waals surface area contributed by atoms with Crippen LogP contribution < -0.4 is 0 Å². The molecule has 1 rings (SSSR count). The molecule has 1 N–H and O–H groups in total. The molecule has 0 saturated carbocycles. The molecule has 1 unspecified atom stereocenters. The fraction of sp³-hybridized carbons (Fsp3) is 0.300. The Morgan fingerprint density at radius 1 is 1.31 bits per heavy atom. The van der Waals surface area contributed by atoms with Crippen LogP contribution >= 0.6 is 9.24 Å². The first-order valence-corrected chi connectivity index (χ1v) is 4.72. The van der Waals surface area contributed by atoms with Crippen molar-refractivity contribution in [1.82, 2.24) is 0 Å². The lowest BCUT2D eigenvalue weighted by molar-refractivity contribution is 0.112. The van der Waals surface area contributed by atoms with Gasteiger partial charge in [0, 0.05) is 5.56 Å². The molecular formula is C10H15O2P. The first-order valence-electron chi connectivity index (χ1n) is 4.06. The van der Waals surface area contributed by atoms with E-state index in [9.17, 15) is 4.79 Å². The molecule has 1 aromatic rings. The number of rotatable bonds is 1. The molecule has 13 heavy (non-hydrogen) atoms. The fourth-order valence-electron chi connectivity index (χ4n) is 0.553. The van der Waals surface area contributed by atoms with Gasteiger partial charge in [0.05, 0.1) is 0 Å². The van der Waals surface area contributed by atoms with E-state index in [1.807, 2.05) is 0 Å². The van der Waals surface area contributed by atoms with Gasteiger partial charge in [-0.15, -0.1) is 9.24 Å². The van der Waals surface area contributed by atoms with Gasteiger partial charge in [0.2, 0.25) is 0 Å². The lowest BCUT2D eigenvalue weighted by Crippen LogP contribution is -1.74. The summed E-state index contributed by atoms with van der Waals surface area (Å²) in [6.45, 7) is 4.26. The molecule has 3 heteroatoms. The predicted molar refractivity (Wildman–Crippen MR) is 58.3 cm³/mol. The highest BCUT2D eigenvalue weighted by Crippen LogP contribution is 2.07. The number of benzene rings is 1. The Bertz CT molecular complexity index is 239. The van der Waals surface area contributed by atoms with Gasteiger partial charge in [-0.3, -0.25) is 4.79 Å². The summed E-state index contributed by atoms with van der Waals surface area (Å²) in [7, 11) is 2.66. The number of aromatic hydroxyl groups is 1. The number of phenols is 1. The Morgan fingerprint density at radius 3 is 2.00 bits per heavy atom. The maximum atomic E-state index is 10.0. The van der Waals surface area contributed by atoms with Crippen LogP contribution in [0.1, 0.15) is 24.2 Å². The van der Waals surface area contributed by atoms with E-state index in [0.717, 1.165) is 11.9 Å². The minimum atomic E-state index is 0.181. The van der Waals surface area contributed by atoms with Crippen molar-refractivity contribution in [3.8, 4) is 5.75 Å². The Kier molecular flexibility index (Phi) is 6.17. The SMILES string of the molecule is CC(C)P.O=Cc1ccc(O)cc1. The molecule has 1 atom stereocenters. The summed E-state index contributed by atoms with van der Waals surface area (Å²) in [5.74, 6) is 0.181. The summed E-state index contributed by atoms with van der Waals surface area (Å²) in [5.41, 5.74) is 1.33. The molecule has 0 aliphatic rings. The molecule has 0 aromatic heterocycles. The smallest absolute Gasteiger partial charge is 0.150 e. The standard InChI is InChI=1S/C7H6O2.C3H9P/c8-5-6-1-3-7(9)4-2-6;1-3(2)4/h1-5,9H;3H,4H2,1-2H3. The van der Waals surface area contributed by atoms with Crippen LogP contribution in [0.25, 0.3) is 0 Å². The van der Waals surface area contributed by atoms with Crippen molar-refractivity contribution >= 4 is 15.5 Å². The van der Waals surface area contributed by atoms with Crippen molar-refractivity contribution in [2.75, 3.05) is 0 Å². The highest BCUT2D eigenvalue weighted by Gasteiger charge is 1.86. The lowest BCUT2D eigenvalue weighted by atomic mass is 10.2. The van der Waals surface area contributed by atoms with Gasteiger partial charge in [-0.2, -0.15) is 0 Å². The zero-order valence-electron chi connectivity index (χ0n) is 7.90. The molecule has 0 aliphatic carbocycles. The molecule has 0 aliphatic heterocycles. The molecule has 72 valence electrons. The monoisotopic (exact) mass is 198 g/mol. The first-order chi connectivity index (χ1) is 6.06. The zero-order chi connectivity index (χ0) is 10.3. The second-order valence-corrected chi connectivity index (χ2v) is 4.29. The Labute approximate surface area is 81.2 Å². The van der Waals surface area contributed by atoms with Gasteiger partial charge in [0.25, 0.3) is 0 Å². The maximum absolute atomic E-state index is 10.0. The van der Waals surface area contributed by atoms with Crippen molar-refractivity contribution < 1.29 is 9.90 Å². The molecule has 1 aromatic carbocycles. The minimum absolute atomic E-state index is 0.181. The third-order valence-electron chi connectivity index (χ3n) is 1.03. The van der Waals surface area contributed by atoms with Crippen LogP contribution in [-0.2, 0) is 0 Å². The van der Waals surface area contributed by atoms with E-state index in [1.54, 1.807) is 12.1 Å². The number of carbonyl (C=O) groups is 1. The number of aldehydes is 1. The molecule has 0 spiro atoms. The van der Waals surface area contributed by atoms with Crippen LogP contribution in [0.3, 0.4) is 0 Å². The van der Waals surface area contributed by atoms with Gasteiger partial charge >= 0.3 is 0 Å². The van der Waals surface area contributed by atoms with Crippen LogP contribution in [-0.4, -0.2) is 17.1 Å². The average Bonchev–Trinajstić information content (AvgIpc) is 2.05. The van der Waals surface area contributed by atoms with E-state index in [1.165, 1.54) is 12.1 Å². The molecule has 0 heterocycles. The van der Waals surface area contributed by atoms with Crippen molar-refractivity contribution in [3.05, 3.63) is 29.8 Å². The van der Waals surface area contributed by atoms with Crippen molar-refractivity contribution in [2.45, 2.75) is 19.5 Å². The fourth-order valence-corrected chi connectivity index (χ4v) is 0.553. The Morgan fingerprint density at radius 2 is 1.69 bits per heavy atom. The summed E-state index contributed by atoms with van der Waals surface area (Å²) in [6.07, 6.45) is 0.736. The normalized spacial score (nSPS) is 8.92. The van der Waals surface area contributed by atoms with Crippen LogP contribution in [0.4, 0.5) is 0 Å². The Hall–Kier alpha value is -0.880. The Balaban J connectivity index is 0.000000310. The number of phenolic OH excluding ortho intramolecular Hbond substituents is 1. The highest BCUT2D eigenvalue weighted by atomic mass is 31.0. The van der Waals surface area contributed by atoms with Gasteiger partial charge in [0.15, 0.2) is 0 Å². The maximum Gasteiger partial charge on any atom is 0.150 e. The number of carbonyl (C=O) groups excluding carboxylic acids is 1. The molecular weight excluding hydrogens is 183 g/mol. The van der Waals surface area contributed by atoms with Crippen LogP contribution in [0.2, 0.25) is 0 Å². The van der Waals surface area contributed by atoms with Crippen LogP contribution in [0, 0.1) is 0 Å². The number of hydrogen-bond donors (Lipinski definition) is 1. The van der Waals surface area contributed by atoms with Crippen molar-refractivity contribution in [1.29, 1.82) is 0 Å². The molecule has 0 amide bonds. The van der Waals surface area contributed by atoms with Crippen molar-refractivity contribution in [3.63, 3.8) is 0 Å². The van der Waals surface area contributed by atoms with E-state index in [2.05, 4.69) is 23.1 Å². The first kappa shape index (κ1) is 12.1. The van der Waals surface area contributed by atoms with E-state index in [4.69, 9.17) is 5.11 Å². The zero-order valence-corrected chi connectivity index (χ0v) is 9.05. The number of hydrogen-bond acceptors (Lipinski definition) is 2. The third kappa shape index (κ3) is 7.48. The molecule has 0 bridgehead atoms. The second-order valence-electron chi connectivity index (χ2n) is 2.95. The van der Waals surface area contributed by atoms with Crippen LogP contribution in [0.5, 0.6) is 5.75 Å². The lowest BCUT2D eigenvalue weighted by Gasteiger charge is -1.88. The van der Waals surface area contributed by atoms with Gasteiger partial charge in [-0.25, -0.2) is 0 Å². The second kappa shape index (κ2) is 6.62. The summed E-state index contributed by atoms with van der Waals surface area (Å²) in [6, 6.07) is 6.07. The third-order valence-corrected chi connectivity index (χ3v) is 1.03. The molecule has 0 radical (unpaired) electrons. The van der Waals surface area contributed by atoms with Gasteiger partial charge in [-0.1, -0.05) is 13.8 Å². The molecule has 0 saturated heterocycles. The van der Waals surface area contributed by atoms with Crippen LogP contribution in [0.15, 0.2) is 24.3 Å². The summed E-state index contributed by atoms with van der Waals surface area (Å²) >= 11 is 0.